The molecule has 3 rings (SSSR count). The van der Waals surface area contributed by atoms with Gasteiger partial charge in [0.2, 0.25) is 5.91 Å². The Balaban J connectivity index is 1.57. The van der Waals surface area contributed by atoms with Crippen LogP contribution < -0.4 is 15.5 Å². The predicted octanol–water partition coefficient (Wildman–Crippen LogP) is 2.45. The largest absolute Gasteiger partial charge is 0.387 e. The van der Waals surface area contributed by atoms with Gasteiger partial charge in [0.25, 0.3) is 0 Å². The molecule has 1 aliphatic rings. The van der Waals surface area contributed by atoms with E-state index in [9.17, 15) is 14.7 Å². The summed E-state index contributed by atoms with van der Waals surface area (Å²) in [5, 5.41) is 15.5. The number of nitrogens with zero attached hydrogens (tertiary/aromatic N) is 1. The molecule has 25 heavy (non-hydrogen) atoms. The molecule has 2 aromatic rings. The van der Waals surface area contributed by atoms with Crippen LogP contribution in [0.4, 0.5) is 16.2 Å². The first-order chi connectivity index (χ1) is 12.0. The number of nitrogens with one attached hydrogen (secondary N) is 2. The Morgan fingerprint density at radius 2 is 1.96 bits per heavy atom. The van der Waals surface area contributed by atoms with Crippen molar-refractivity contribution in [2.45, 2.75) is 18.9 Å². The van der Waals surface area contributed by atoms with Gasteiger partial charge < -0.3 is 20.6 Å². The number of benzene rings is 2. The number of rotatable bonds is 4. The number of hydrogen-bond acceptors (Lipinski definition) is 3. The Morgan fingerprint density at radius 3 is 2.72 bits per heavy atom. The second-order valence-electron chi connectivity index (χ2n) is 6.06. The van der Waals surface area contributed by atoms with Crippen LogP contribution in [-0.2, 0) is 11.2 Å². The van der Waals surface area contributed by atoms with Gasteiger partial charge in [-0.2, -0.15) is 0 Å². The highest BCUT2D eigenvalue weighted by Crippen LogP contribution is 2.29. The summed E-state index contributed by atoms with van der Waals surface area (Å²) >= 11 is 0. The van der Waals surface area contributed by atoms with Gasteiger partial charge in [-0.25, -0.2) is 4.79 Å². The lowest BCUT2D eigenvalue weighted by atomic mass is 10.0. The van der Waals surface area contributed by atoms with Crippen LogP contribution in [0.25, 0.3) is 0 Å². The Hall–Kier alpha value is -2.86. The number of carbonyl (C=O) groups is 2. The minimum atomic E-state index is -0.754. The van der Waals surface area contributed by atoms with E-state index in [0.29, 0.717) is 18.5 Å². The van der Waals surface area contributed by atoms with Crippen molar-refractivity contribution in [1.82, 2.24) is 5.32 Å². The monoisotopic (exact) mass is 339 g/mol. The van der Waals surface area contributed by atoms with Crippen molar-refractivity contribution in [1.29, 1.82) is 0 Å². The SMILES string of the molecule is CN1C(=O)CCc2cc(NC(=O)NCC(O)c3ccccc3)ccc21. The molecule has 0 aromatic heterocycles. The molecule has 130 valence electrons. The summed E-state index contributed by atoms with van der Waals surface area (Å²) < 4.78 is 0. The Morgan fingerprint density at radius 1 is 1.20 bits per heavy atom. The van der Waals surface area contributed by atoms with Gasteiger partial charge in [0.1, 0.15) is 0 Å². The van der Waals surface area contributed by atoms with E-state index in [4.69, 9.17) is 0 Å². The van der Waals surface area contributed by atoms with E-state index in [-0.39, 0.29) is 18.5 Å². The fraction of sp³-hybridized carbons (Fsp3) is 0.263. The van der Waals surface area contributed by atoms with Crippen LogP contribution in [0, 0.1) is 0 Å². The number of aliphatic hydroxyl groups excluding tert-OH is 1. The van der Waals surface area contributed by atoms with Crippen LogP contribution in [0.1, 0.15) is 23.7 Å². The Bertz CT molecular complexity index is 777. The van der Waals surface area contributed by atoms with Gasteiger partial charge in [-0.1, -0.05) is 30.3 Å². The molecule has 2 aromatic carbocycles. The van der Waals surface area contributed by atoms with Gasteiger partial charge in [-0.05, 0) is 35.7 Å². The maximum atomic E-state index is 12.0. The average Bonchev–Trinajstić information content (AvgIpc) is 2.63. The first-order valence-electron chi connectivity index (χ1n) is 8.22. The molecule has 0 saturated carbocycles. The summed E-state index contributed by atoms with van der Waals surface area (Å²) in [5.74, 6) is 0.0980. The number of amides is 3. The number of fused-ring (bicyclic) bond motifs is 1. The maximum absolute atomic E-state index is 12.0. The van der Waals surface area contributed by atoms with Gasteiger partial charge in [0.15, 0.2) is 0 Å². The third-order valence-corrected chi connectivity index (χ3v) is 4.32. The van der Waals surface area contributed by atoms with Crippen molar-refractivity contribution in [2.24, 2.45) is 0 Å². The fourth-order valence-electron chi connectivity index (χ4n) is 2.89. The normalized spacial score (nSPS) is 14.6. The van der Waals surface area contributed by atoms with E-state index < -0.39 is 6.10 Å². The minimum absolute atomic E-state index is 0.0980. The van der Waals surface area contributed by atoms with Crippen LogP contribution >= 0.6 is 0 Å². The van der Waals surface area contributed by atoms with E-state index in [2.05, 4.69) is 10.6 Å². The second kappa shape index (κ2) is 7.36. The van der Waals surface area contributed by atoms with Gasteiger partial charge >= 0.3 is 6.03 Å². The lowest BCUT2D eigenvalue weighted by molar-refractivity contribution is -0.118. The highest BCUT2D eigenvalue weighted by molar-refractivity contribution is 5.97. The molecule has 6 nitrogen and oxygen atoms in total. The summed E-state index contributed by atoms with van der Waals surface area (Å²) in [6.07, 6.45) is 0.389. The van der Waals surface area contributed by atoms with Gasteiger partial charge in [0.05, 0.1) is 6.10 Å². The van der Waals surface area contributed by atoms with Gasteiger partial charge in [-0.3, -0.25) is 4.79 Å². The van der Waals surface area contributed by atoms with E-state index >= 15 is 0 Å². The zero-order chi connectivity index (χ0) is 17.8. The van der Waals surface area contributed by atoms with Crippen molar-refractivity contribution >= 4 is 23.3 Å². The molecule has 1 atom stereocenters. The van der Waals surface area contributed by atoms with Gasteiger partial charge in [-0.15, -0.1) is 0 Å². The topological polar surface area (TPSA) is 81.7 Å². The maximum Gasteiger partial charge on any atom is 0.319 e. The summed E-state index contributed by atoms with van der Waals surface area (Å²) in [6.45, 7) is 0.123. The molecule has 0 saturated heterocycles. The summed E-state index contributed by atoms with van der Waals surface area (Å²) in [7, 11) is 1.76. The molecule has 1 heterocycles. The predicted molar refractivity (Wildman–Crippen MR) is 96.6 cm³/mol. The van der Waals surface area contributed by atoms with Crippen LogP contribution in [0.3, 0.4) is 0 Å². The van der Waals surface area contributed by atoms with E-state index in [1.54, 1.807) is 18.0 Å². The molecule has 3 N–H and O–H groups in total. The number of aryl methyl sites for hydroxylation is 1. The summed E-state index contributed by atoms with van der Waals surface area (Å²) in [6, 6.07) is 14.3. The van der Waals surface area contributed by atoms with Crippen molar-refractivity contribution in [3.63, 3.8) is 0 Å². The highest BCUT2D eigenvalue weighted by atomic mass is 16.3. The standard InChI is InChI=1S/C19H21N3O3/c1-22-16-9-8-15(11-14(16)7-10-18(22)24)21-19(25)20-12-17(23)13-5-3-2-4-6-13/h2-6,8-9,11,17,23H,7,10,12H2,1H3,(H2,20,21,25). The third kappa shape index (κ3) is 3.97. The van der Waals surface area contributed by atoms with Crippen molar-refractivity contribution in [2.75, 3.05) is 23.8 Å². The number of urea groups is 1. The number of hydrogen-bond donors (Lipinski definition) is 3. The molecule has 1 unspecified atom stereocenters. The van der Waals surface area contributed by atoms with Crippen LogP contribution in [0.15, 0.2) is 48.5 Å². The quantitative estimate of drug-likeness (QED) is 0.800. The molecule has 0 bridgehead atoms. The molecule has 3 amide bonds. The molecule has 1 aliphatic heterocycles. The average molecular weight is 339 g/mol. The Labute approximate surface area is 146 Å². The van der Waals surface area contributed by atoms with Crippen molar-refractivity contribution < 1.29 is 14.7 Å². The first-order valence-corrected chi connectivity index (χ1v) is 8.22. The smallest absolute Gasteiger partial charge is 0.319 e. The number of aliphatic hydroxyl groups is 1. The molecule has 0 aliphatic carbocycles. The molecule has 6 heteroatoms. The minimum Gasteiger partial charge on any atom is -0.387 e. The van der Waals surface area contributed by atoms with Crippen LogP contribution in [0.2, 0.25) is 0 Å². The van der Waals surface area contributed by atoms with Gasteiger partial charge in [0, 0.05) is 31.4 Å². The number of carbonyl (C=O) groups excluding carboxylic acids is 2. The first kappa shape index (κ1) is 17.0. The fourth-order valence-corrected chi connectivity index (χ4v) is 2.89. The van der Waals surface area contributed by atoms with Crippen molar-refractivity contribution in [3.8, 4) is 0 Å². The lowest BCUT2D eigenvalue weighted by Gasteiger charge is -2.26. The van der Waals surface area contributed by atoms with E-state index in [1.165, 1.54) is 0 Å². The summed E-state index contributed by atoms with van der Waals surface area (Å²) in [4.78, 5) is 25.4. The molecular formula is C19H21N3O3. The molecular weight excluding hydrogens is 318 g/mol. The van der Waals surface area contributed by atoms with Crippen molar-refractivity contribution in [3.05, 3.63) is 59.7 Å². The van der Waals surface area contributed by atoms with Crippen LogP contribution in [-0.4, -0.2) is 30.6 Å². The van der Waals surface area contributed by atoms with E-state index in [0.717, 1.165) is 16.8 Å². The highest BCUT2D eigenvalue weighted by Gasteiger charge is 2.21. The molecule has 0 fully saturated rings. The van der Waals surface area contributed by atoms with Crippen LogP contribution in [0.5, 0.6) is 0 Å². The summed E-state index contributed by atoms with van der Waals surface area (Å²) in [5.41, 5.74) is 3.32. The third-order valence-electron chi connectivity index (χ3n) is 4.32. The lowest BCUT2D eigenvalue weighted by Crippen LogP contribution is -2.33. The van der Waals surface area contributed by atoms with E-state index in [1.807, 2.05) is 42.5 Å². The Kier molecular flexibility index (Phi) is 5.00. The zero-order valence-corrected chi connectivity index (χ0v) is 14.0. The molecule has 0 spiro atoms. The molecule has 0 radical (unpaired) electrons. The zero-order valence-electron chi connectivity index (χ0n) is 14.0. The number of anilines is 2. The second-order valence-corrected chi connectivity index (χ2v) is 6.06.